The third-order valence-corrected chi connectivity index (χ3v) is 1.30. The second-order valence-electron chi connectivity index (χ2n) is 2.06. The lowest BCUT2D eigenvalue weighted by Crippen LogP contribution is -1.91. The largest absolute Gasteiger partial charge is 0.463 e. The molecule has 2 nitrogen and oxygen atoms in total. The number of ether oxygens (including phenoxy) is 1. The molecule has 0 spiro atoms. The molecular weight excluding hydrogens is 147 g/mol. The molecule has 0 aliphatic heterocycles. The molecule has 1 N–H and O–H groups in total. The number of aliphatic hydroxyl groups excluding tert-OH is 1. The maximum atomic E-state index is 11.6. The Labute approximate surface area is 64.2 Å². The smallest absolute Gasteiger partial charge is 0.228 e. The SMILES string of the molecule is OCc1cccc(OCF)c1. The van der Waals surface area contributed by atoms with Crippen LogP contribution in [0.5, 0.6) is 5.75 Å². The molecule has 3 heteroatoms. The van der Waals surface area contributed by atoms with Gasteiger partial charge in [-0.25, -0.2) is 4.39 Å². The Kier molecular flexibility index (Phi) is 2.86. The zero-order valence-electron chi connectivity index (χ0n) is 5.96. The number of hydrogen-bond acceptors (Lipinski definition) is 2. The monoisotopic (exact) mass is 156 g/mol. The highest BCUT2D eigenvalue weighted by molar-refractivity contribution is 5.27. The van der Waals surface area contributed by atoms with Crippen LogP contribution in [0.25, 0.3) is 0 Å². The van der Waals surface area contributed by atoms with E-state index in [1.807, 2.05) is 0 Å². The number of rotatable bonds is 3. The number of benzene rings is 1. The van der Waals surface area contributed by atoms with E-state index < -0.39 is 6.86 Å². The van der Waals surface area contributed by atoms with Gasteiger partial charge in [-0.3, -0.25) is 0 Å². The molecule has 0 atom stereocenters. The van der Waals surface area contributed by atoms with Gasteiger partial charge in [-0.05, 0) is 17.7 Å². The molecule has 1 rings (SSSR count). The number of hydrogen-bond donors (Lipinski definition) is 1. The minimum atomic E-state index is -0.838. The van der Waals surface area contributed by atoms with Crippen molar-refractivity contribution in [1.29, 1.82) is 0 Å². The van der Waals surface area contributed by atoms with E-state index in [0.717, 1.165) is 5.56 Å². The van der Waals surface area contributed by atoms with Crippen molar-refractivity contribution in [3.63, 3.8) is 0 Å². The Balaban J connectivity index is 2.74. The van der Waals surface area contributed by atoms with Crippen molar-refractivity contribution < 1.29 is 14.2 Å². The molecule has 0 heterocycles. The molecule has 0 aromatic heterocycles. The highest BCUT2D eigenvalue weighted by Crippen LogP contribution is 2.12. The van der Waals surface area contributed by atoms with E-state index in [2.05, 4.69) is 4.74 Å². The topological polar surface area (TPSA) is 29.5 Å². The van der Waals surface area contributed by atoms with Gasteiger partial charge in [0.25, 0.3) is 0 Å². The van der Waals surface area contributed by atoms with Gasteiger partial charge in [0.05, 0.1) is 6.61 Å². The maximum absolute atomic E-state index is 11.6. The first-order valence-electron chi connectivity index (χ1n) is 3.25. The van der Waals surface area contributed by atoms with Gasteiger partial charge in [-0.2, -0.15) is 0 Å². The van der Waals surface area contributed by atoms with Crippen LogP contribution in [0.2, 0.25) is 0 Å². The summed E-state index contributed by atoms with van der Waals surface area (Å²) in [5.41, 5.74) is 0.718. The molecule has 0 aliphatic rings. The van der Waals surface area contributed by atoms with Crippen LogP contribution in [0.3, 0.4) is 0 Å². The molecule has 0 fully saturated rings. The Morgan fingerprint density at radius 3 is 2.91 bits per heavy atom. The minimum absolute atomic E-state index is 0.0521. The third-order valence-electron chi connectivity index (χ3n) is 1.30. The lowest BCUT2D eigenvalue weighted by Gasteiger charge is -2.01. The van der Waals surface area contributed by atoms with E-state index >= 15 is 0 Å². The first-order valence-corrected chi connectivity index (χ1v) is 3.25. The van der Waals surface area contributed by atoms with E-state index in [9.17, 15) is 4.39 Å². The zero-order valence-corrected chi connectivity index (χ0v) is 5.96. The molecule has 0 bridgehead atoms. The standard InChI is InChI=1S/C8H9FO2/c9-6-11-8-3-1-2-7(4-8)5-10/h1-4,10H,5-6H2. The fourth-order valence-electron chi connectivity index (χ4n) is 0.797. The number of halogens is 1. The van der Waals surface area contributed by atoms with Gasteiger partial charge in [-0.15, -0.1) is 0 Å². The molecule has 1 aromatic carbocycles. The fourth-order valence-corrected chi connectivity index (χ4v) is 0.797. The van der Waals surface area contributed by atoms with E-state index in [1.165, 1.54) is 0 Å². The minimum Gasteiger partial charge on any atom is -0.463 e. The van der Waals surface area contributed by atoms with Gasteiger partial charge >= 0.3 is 0 Å². The third kappa shape index (κ3) is 2.20. The molecular formula is C8H9FO2. The molecule has 11 heavy (non-hydrogen) atoms. The maximum Gasteiger partial charge on any atom is 0.228 e. The lowest BCUT2D eigenvalue weighted by atomic mass is 10.2. The normalized spacial score (nSPS) is 9.64. The van der Waals surface area contributed by atoms with E-state index in [0.29, 0.717) is 5.75 Å². The molecule has 0 radical (unpaired) electrons. The predicted octanol–water partition coefficient (Wildman–Crippen LogP) is 1.48. The first kappa shape index (κ1) is 8.01. The predicted molar refractivity (Wildman–Crippen MR) is 39.0 cm³/mol. The number of aliphatic hydroxyl groups is 1. The highest BCUT2D eigenvalue weighted by atomic mass is 19.1. The van der Waals surface area contributed by atoms with Crippen molar-refractivity contribution in [1.82, 2.24) is 0 Å². The molecule has 60 valence electrons. The molecule has 1 aromatic rings. The molecule has 0 amide bonds. The summed E-state index contributed by atoms with van der Waals surface area (Å²) < 4.78 is 16.2. The molecule has 0 aliphatic carbocycles. The van der Waals surface area contributed by atoms with Crippen LogP contribution in [0.1, 0.15) is 5.56 Å². The second kappa shape index (κ2) is 3.93. The highest BCUT2D eigenvalue weighted by Gasteiger charge is 1.93. The summed E-state index contributed by atoms with van der Waals surface area (Å²) in [7, 11) is 0. The van der Waals surface area contributed by atoms with Crippen molar-refractivity contribution in [3.8, 4) is 5.75 Å². The fraction of sp³-hybridized carbons (Fsp3) is 0.250. The molecule has 0 unspecified atom stereocenters. The van der Waals surface area contributed by atoms with Gasteiger partial charge in [-0.1, -0.05) is 12.1 Å². The average Bonchev–Trinajstić information content (AvgIpc) is 2.06. The average molecular weight is 156 g/mol. The van der Waals surface area contributed by atoms with Crippen LogP contribution in [0.4, 0.5) is 4.39 Å². The summed E-state index contributed by atoms with van der Waals surface area (Å²) >= 11 is 0. The van der Waals surface area contributed by atoms with Gasteiger partial charge < -0.3 is 9.84 Å². The quantitative estimate of drug-likeness (QED) is 0.718. The van der Waals surface area contributed by atoms with Crippen molar-refractivity contribution in [2.24, 2.45) is 0 Å². The Hall–Kier alpha value is -1.09. The Bertz CT molecular complexity index is 225. The van der Waals surface area contributed by atoms with Gasteiger partial charge in [0.2, 0.25) is 6.86 Å². The van der Waals surface area contributed by atoms with E-state index in [-0.39, 0.29) is 6.61 Å². The van der Waals surface area contributed by atoms with Gasteiger partial charge in [0, 0.05) is 0 Å². The molecule has 0 saturated heterocycles. The Morgan fingerprint density at radius 1 is 1.45 bits per heavy atom. The van der Waals surface area contributed by atoms with E-state index in [1.54, 1.807) is 24.3 Å². The summed E-state index contributed by atoms with van der Waals surface area (Å²) in [6.07, 6.45) is 0. The van der Waals surface area contributed by atoms with Crippen LogP contribution in [0, 0.1) is 0 Å². The molecule has 0 saturated carbocycles. The van der Waals surface area contributed by atoms with Gasteiger partial charge in [0.15, 0.2) is 0 Å². The van der Waals surface area contributed by atoms with Crippen LogP contribution in [-0.2, 0) is 6.61 Å². The van der Waals surface area contributed by atoms with Crippen LogP contribution >= 0.6 is 0 Å². The summed E-state index contributed by atoms with van der Waals surface area (Å²) in [6, 6.07) is 6.68. The van der Waals surface area contributed by atoms with Crippen LogP contribution in [0.15, 0.2) is 24.3 Å². The summed E-state index contributed by atoms with van der Waals surface area (Å²) in [6.45, 7) is -0.891. The summed E-state index contributed by atoms with van der Waals surface area (Å²) in [5, 5.41) is 8.68. The summed E-state index contributed by atoms with van der Waals surface area (Å²) in [4.78, 5) is 0. The zero-order chi connectivity index (χ0) is 8.10. The number of alkyl halides is 1. The van der Waals surface area contributed by atoms with Crippen molar-refractivity contribution in [3.05, 3.63) is 29.8 Å². The van der Waals surface area contributed by atoms with Gasteiger partial charge in [0.1, 0.15) is 5.75 Å². The van der Waals surface area contributed by atoms with Crippen LogP contribution < -0.4 is 4.74 Å². The lowest BCUT2D eigenvalue weighted by molar-refractivity contribution is 0.191. The van der Waals surface area contributed by atoms with Crippen molar-refractivity contribution in [2.45, 2.75) is 6.61 Å². The second-order valence-corrected chi connectivity index (χ2v) is 2.06. The first-order chi connectivity index (χ1) is 5.36. The van der Waals surface area contributed by atoms with Crippen LogP contribution in [-0.4, -0.2) is 12.0 Å². The van der Waals surface area contributed by atoms with Crippen molar-refractivity contribution >= 4 is 0 Å². The summed E-state index contributed by atoms with van der Waals surface area (Å²) in [5.74, 6) is 0.444. The van der Waals surface area contributed by atoms with Crippen molar-refractivity contribution in [2.75, 3.05) is 6.86 Å². The van der Waals surface area contributed by atoms with E-state index in [4.69, 9.17) is 5.11 Å². The Morgan fingerprint density at radius 2 is 2.27 bits per heavy atom.